The van der Waals surface area contributed by atoms with Gasteiger partial charge in [-0.3, -0.25) is 9.78 Å². The molecule has 3 heterocycles. The van der Waals surface area contributed by atoms with Gasteiger partial charge in [0.2, 0.25) is 5.91 Å². The Morgan fingerprint density at radius 1 is 1.05 bits per heavy atom. The molecule has 8 nitrogen and oxygen atoms in total. The number of rotatable bonds is 10. The molecule has 1 amide bonds. The van der Waals surface area contributed by atoms with Gasteiger partial charge in [-0.05, 0) is 79.8 Å². The van der Waals surface area contributed by atoms with Crippen molar-refractivity contribution in [2.75, 3.05) is 25.6 Å². The number of carbonyl (C=O) groups excluding carboxylic acids is 1. The third-order valence-corrected chi connectivity index (χ3v) is 7.02. The maximum Gasteiger partial charge on any atom is 0.226 e. The van der Waals surface area contributed by atoms with Crippen LogP contribution < -0.4 is 20.1 Å². The first-order valence-corrected chi connectivity index (χ1v) is 13.3. The van der Waals surface area contributed by atoms with Crippen LogP contribution in [-0.2, 0) is 4.79 Å². The predicted octanol–water partition coefficient (Wildman–Crippen LogP) is 5.28. The van der Waals surface area contributed by atoms with Crippen LogP contribution in [0.4, 0.5) is 5.69 Å². The third kappa shape index (κ3) is 5.73. The number of anilines is 1. The van der Waals surface area contributed by atoms with Crippen molar-refractivity contribution in [1.29, 1.82) is 0 Å². The number of carbonyl (C=O) groups is 1. The fourth-order valence-corrected chi connectivity index (χ4v) is 5.22. The van der Waals surface area contributed by atoms with Gasteiger partial charge in [0, 0.05) is 36.7 Å². The minimum absolute atomic E-state index is 0.121. The monoisotopic (exact) mass is 541 g/mol. The Hall–Kier alpha value is -4.37. The van der Waals surface area contributed by atoms with E-state index in [9.17, 15) is 4.79 Å². The molecule has 2 aromatic heterocycles. The molecule has 0 radical (unpaired) electrons. The topological polar surface area (TPSA) is 80.7 Å². The lowest BCUT2D eigenvalue weighted by Crippen LogP contribution is -2.33. The van der Waals surface area contributed by atoms with Gasteiger partial charge in [-0.1, -0.05) is 18.2 Å². The Balaban J connectivity index is 1.42. The zero-order valence-corrected chi connectivity index (χ0v) is 22.7. The van der Waals surface area contributed by atoms with E-state index >= 15 is 0 Å². The molecule has 2 N–H and O–H groups in total. The van der Waals surface area contributed by atoms with Gasteiger partial charge >= 0.3 is 0 Å². The van der Waals surface area contributed by atoms with Crippen LogP contribution >= 0.6 is 12.2 Å². The first kappa shape index (κ1) is 26.2. The minimum atomic E-state index is -0.188. The molecule has 1 fully saturated rings. The number of aromatic nitrogens is 2. The van der Waals surface area contributed by atoms with Crippen molar-refractivity contribution >= 4 is 28.9 Å². The SMILES string of the molecule is CCOc1ccc(-n2cccc2[C@H]2[C@@H](c3ccccn3)NC(=S)N2CCC(=O)Nc2ccccc2OC)cc1. The molecular weight excluding hydrogens is 510 g/mol. The Morgan fingerprint density at radius 2 is 1.85 bits per heavy atom. The van der Waals surface area contributed by atoms with E-state index < -0.39 is 0 Å². The zero-order valence-electron chi connectivity index (χ0n) is 21.9. The summed E-state index contributed by atoms with van der Waals surface area (Å²) in [6.07, 6.45) is 4.06. The molecule has 4 aromatic rings. The predicted molar refractivity (Wildman–Crippen MR) is 155 cm³/mol. The Bertz CT molecular complexity index is 1420. The molecular formula is C30H31N5O3S. The molecule has 0 bridgehead atoms. The fourth-order valence-electron chi connectivity index (χ4n) is 4.89. The Labute approximate surface area is 233 Å². The van der Waals surface area contributed by atoms with Crippen LogP contribution in [-0.4, -0.2) is 45.7 Å². The van der Waals surface area contributed by atoms with Crippen molar-refractivity contribution in [2.45, 2.75) is 25.4 Å². The number of nitrogens with one attached hydrogen (secondary N) is 2. The molecule has 2 aromatic carbocycles. The van der Waals surface area contributed by atoms with E-state index in [1.807, 2.05) is 85.9 Å². The van der Waals surface area contributed by atoms with E-state index in [4.69, 9.17) is 21.7 Å². The van der Waals surface area contributed by atoms with Crippen LogP contribution in [0, 0.1) is 0 Å². The van der Waals surface area contributed by atoms with Crippen molar-refractivity contribution in [3.63, 3.8) is 0 Å². The molecule has 200 valence electrons. The molecule has 2 atom stereocenters. The van der Waals surface area contributed by atoms with E-state index in [2.05, 4.69) is 31.2 Å². The summed E-state index contributed by atoms with van der Waals surface area (Å²) in [6.45, 7) is 3.01. The lowest BCUT2D eigenvalue weighted by molar-refractivity contribution is -0.116. The van der Waals surface area contributed by atoms with Crippen LogP contribution in [0.2, 0.25) is 0 Å². The van der Waals surface area contributed by atoms with Crippen LogP contribution in [0.5, 0.6) is 11.5 Å². The zero-order chi connectivity index (χ0) is 27.2. The van der Waals surface area contributed by atoms with Crippen molar-refractivity contribution in [3.05, 3.63) is 103 Å². The van der Waals surface area contributed by atoms with Gasteiger partial charge in [-0.15, -0.1) is 0 Å². The van der Waals surface area contributed by atoms with Crippen molar-refractivity contribution in [2.24, 2.45) is 0 Å². The highest BCUT2D eigenvalue weighted by molar-refractivity contribution is 7.80. The first-order chi connectivity index (χ1) is 19.1. The summed E-state index contributed by atoms with van der Waals surface area (Å²) < 4.78 is 13.1. The molecule has 0 aliphatic carbocycles. The number of thiocarbonyl (C=S) groups is 1. The van der Waals surface area contributed by atoms with Crippen LogP contribution in [0.25, 0.3) is 5.69 Å². The van der Waals surface area contributed by atoms with Crippen molar-refractivity contribution in [1.82, 2.24) is 19.8 Å². The molecule has 5 rings (SSSR count). The molecule has 1 aliphatic heterocycles. The minimum Gasteiger partial charge on any atom is -0.495 e. The number of hydrogen-bond donors (Lipinski definition) is 2. The van der Waals surface area contributed by atoms with Gasteiger partial charge in [0.15, 0.2) is 5.11 Å². The van der Waals surface area contributed by atoms with Gasteiger partial charge in [0.1, 0.15) is 11.5 Å². The largest absolute Gasteiger partial charge is 0.495 e. The fraction of sp³-hybridized carbons (Fsp3) is 0.233. The molecule has 1 aliphatic rings. The summed E-state index contributed by atoms with van der Waals surface area (Å²) in [5.74, 6) is 1.32. The summed E-state index contributed by atoms with van der Waals surface area (Å²) in [7, 11) is 1.58. The number of para-hydroxylation sites is 2. The highest BCUT2D eigenvalue weighted by atomic mass is 32.1. The average Bonchev–Trinajstić information content (AvgIpc) is 3.57. The van der Waals surface area contributed by atoms with Crippen LogP contribution in [0.15, 0.2) is 91.3 Å². The maximum absolute atomic E-state index is 13.0. The van der Waals surface area contributed by atoms with Gasteiger partial charge < -0.3 is 29.6 Å². The lowest BCUT2D eigenvalue weighted by Gasteiger charge is -2.29. The quantitative estimate of drug-likeness (QED) is 0.264. The molecule has 1 saturated heterocycles. The normalized spacial score (nSPS) is 16.6. The third-order valence-electron chi connectivity index (χ3n) is 6.67. The van der Waals surface area contributed by atoms with E-state index in [1.165, 1.54) is 0 Å². The number of nitrogens with zero attached hydrogens (tertiary/aromatic N) is 3. The standard InChI is InChI=1S/C30H31N5O3S/c1-3-38-22-15-13-21(14-16-22)34-19-8-11-25(34)29-28(24-10-6-7-18-31-24)33-30(39)35(29)20-17-27(36)32-23-9-4-5-12-26(23)37-2/h4-16,18-19,28-29H,3,17,20H2,1-2H3,(H,32,36)(H,33,39)/t28-,29+/m1/s1. The number of amides is 1. The number of benzene rings is 2. The first-order valence-electron chi connectivity index (χ1n) is 12.9. The second kappa shape index (κ2) is 12.0. The Kier molecular flexibility index (Phi) is 8.07. The smallest absolute Gasteiger partial charge is 0.226 e. The van der Waals surface area contributed by atoms with E-state index in [0.29, 0.717) is 29.7 Å². The van der Waals surface area contributed by atoms with E-state index in [-0.39, 0.29) is 24.4 Å². The summed E-state index contributed by atoms with van der Waals surface area (Å²) in [6, 6.07) is 25.0. The number of pyridine rings is 1. The summed E-state index contributed by atoms with van der Waals surface area (Å²) in [4.78, 5) is 19.7. The van der Waals surface area contributed by atoms with E-state index in [0.717, 1.165) is 22.8 Å². The van der Waals surface area contributed by atoms with Crippen molar-refractivity contribution < 1.29 is 14.3 Å². The van der Waals surface area contributed by atoms with Gasteiger partial charge in [-0.25, -0.2) is 0 Å². The second-order valence-electron chi connectivity index (χ2n) is 9.05. The molecule has 0 unspecified atom stereocenters. The van der Waals surface area contributed by atoms with Crippen molar-refractivity contribution in [3.8, 4) is 17.2 Å². The molecule has 39 heavy (non-hydrogen) atoms. The number of ether oxygens (including phenoxy) is 2. The molecule has 0 spiro atoms. The van der Waals surface area contributed by atoms with Gasteiger partial charge in [0.05, 0.1) is 37.2 Å². The second-order valence-corrected chi connectivity index (χ2v) is 9.44. The summed E-state index contributed by atoms with van der Waals surface area (Å²) in [5, 5.41) is 7.01. The van der Waals surface area contributed by atoms with Crippen LogP contribution in [0.3, 0.4) is 0 Å². The molecule has 0 saturated carbocycles. The Morgan fingerprint density at radius 3 is 2.59 bits per heavy atom. The maximum atomic E-state index is 13.0. The van der Waals surface area contributed by atoms with E-state index in [1.54, 1.807) is 13.3 Å². The van der Waals surface area contributed by atoms with Gasteiger partial charge in [-0.2, -0.15) is 0 Å². The van der Waals surface area contributed by atoms with Gasteiger partial charge in [0.25, 0.3) is 0 Å². The molecule has 9 heteroatoms. The number of methoxy groups -OCH3 is 1. The highest BCUT2D eigenvalue weighted by Gasteiger charge is 2.41. The highest BCUT2D eigenvalue weighted by Crippen LogP contribution is 2.39. The number of hydrogen-bond acceptors (Lipinski definition) is 5. The summed E-state index contributed by atoms with van der Waals surface area (Å²) in [5.41, 5.74) is 3.56. The average molecular weight is 542 g/mol. The van der Waals surface area contributed by atoms with Crippen LogP contribution in [0.1, 0.15) is 36.8 Å². The lowest BCUT2D eigenvalue weighted by atomic mass is 10.0. The summed E-state index contributed by atoms with van der Waals surface area (Å²) >= 11 is 5.81.